The average Bonchev–Trinajstić information content (AvgIpc) is 2.96. The molecule has 0 N–H and O–H groups in total. The first-order valence-corrected chi connectivity index (χ1v) is 11.5. The SMILES string of the molecule is CCN(CC)C(=S)c1ccc(N(c2ccccc2)C2CC3CCC(C2)N3C)cc1. The summed E-state index contributed by atoms with van der Waals surface area (Å²) in [7, 11) is 2.31. The molecule has 2 fully saturated rings. The van der Waals surface area contributed by atoms with Crippen LogP contribution in [0.4, 0.5) is 11.4 Å². The van der Waals surface area contributed by atoms with E-state index in [1.807, 2.05) is 0 Å². The number of hydrogen-bond donors (Lipinski definition) is 0. The van der Waals surface area contributed by atoms with Crippen molar-refractivity contribution < 1.29 is 0 Å². The van der Waals surface area contributed by atoms with Crippen molar-refractivity contribution in [3.05, 3.63) is 60.2 Å². The molecule has 2 aromatic rings. The van der Waals surface area contributed by atoms with Gasteiger partial charge < -0.3 is 14.7 Å². The molecule has 0 spiro atoms. The van der Waals surface area contributed by atoms with Crippen LogP contribution in [0.1, 0.15) is 45.1 Å². The lowest BCUT2D eigenvalue weighted by molar-refractivity contribution is 0.162. The fourth-order valence-corrected chi connectivity index (χ4v) is 5.61. The van der Waals surface area contributed by atoms with E-state index < -0.39 is 0 Å². The van der Waals surface area contributed by atoms with Crippen LogP contribution in [0.2, 0.25) is 0 Å². The lowest BCUT2D eigenvalue weighted by atomic mass is 9.95. The van der Waals surface area contributed by atoms with Gasteiger partial charge in [0.2, 0.25) is 0 Å². The van der Waals surface area contributed by atoms with E-state index >= 15 is 0 Å². The molecule has 0 radical (unpaired) electrons. The van der Waals surface area contributed by atoms with Gasteiger partial charge in [-0.05, 0) is 83.0 Å². The van der Waals surface area contributed by atoms with Crippen LogP contribution in [-0.2, 0) is 0 Å². The third kappa shape index (κ3) is 4.06. The van der Waals surface area contributed by atoms with Crippen molar-refractivity contribution in [2.75, 3.05) is 25.0 Å². The van der Waals surface area contributed by atoms with Crippen molar-refractivity contribution in [2.45, 2.75) is 57.7 Å². The monoisotopic (exact) mass is 407 g/mol. The van der Waals surface area contributed by atoms with Gasteiger partial charge in [-0.1, -0.05) is 30.4 Å². The molecule has 29 heavy (non-hydrogen) atoms. The van der Waals surface area contributed by atoms with Gasteiger partial charge in [-0.2, -0.15) is 0 Å². The fraction of sp³-hybridized carbons (Fsp3) is 0.480. The van der Waals surface area contributed by atoms with Gasteiger partial charge in [0.05, 0.1) is 0 Å². The van der Waals surface area contributed by atoms with Crippen LogP contribution < -0.4 is 4.90 Å². The molecule has 2 atom stereocenters. The predicted molar refractivity (Wildman–Crippen MR) is 127 cm³/mol. The molecule has 4 rings (SSSR count). The van der Waals surface area contributed by atoms with Crippen molar-refractivity contribution >= 4 is 28.6 Å². The predicted octanol–water partition coefficient (Wildman–Crippen LogP) is 5.47. The van der Waals surface area contributed by atoms with E-state index in [1.54, 1.807) is 0 Å². The Balaban J connectivity index is 1.63. The molecule has 2 aromatic carbocycles. The maximum Gasteiger partial charge on any atom is 0.109 e. The maximum atomic E-state index is 5.73. The Morgan fingerprint density at radius 1 is 0.897 bits per heavy atom. The Morgan fingerprint density at radius 2 is 1.45 bits per heavy atom. The summed E-state index contributed by atoms with van der Waals surface area (Å²) in [6.45, 7) is 6.22. The van der Waals surface area contributed by atoms with Crippen molar-refractivity contribution in [3.8, 4) is 0 Å². The van der Waals surface area contributed by atoms with Gasteiger partial charge in [-0.3, -0.25) is 0 Å². The summed E-state index contributed by atoms with van der Waals surface area (Å²) in [5.41, 5.74) is 3.71. The topological polar surface area (TPSA) is 9.72 Å². The smallest absolute Gasteiger partial charge is 0.109 e. The Morgan fingerprint density at radius 3 is 2.00 bits per heavy atom. The van der Waals surface area contributed by atoms with Gasteiger partial charge in [-0.15, -0.1) is 0 Å². The Hall–Kier alpha value is -1.91. The zero-order valence-electron chi connectivity index (χ0n) is 17.9. The van der Waals surface area contributed by atoms with Gasteiger partial charge in [0.1, 0.15) is 4.99 Å². The number of piperidine rings is 1. The lowest BCUT2D eigenvalue weighted by Crippen LogP contribution is -2.47. The second-order valence-corrected chi connectivity index (χ2v) is 8.79. The molecule has 2 heterocycles. The molecule has 2 bridgehead atoms. The number of anilines is 2. The molecule has 2 unspecified atom stereocenters. The van der Waals surface area contributed by atoms with E-state index in [2.05, 4.69) is 90.2 Å². The quantitative estimate of drug-likeness (QED) is 0.587. The summed E-state index contributed by atoms with van der Waals surface area (Å²) in [5.74, 6) is 0. The second kappa shape index (κ2) is 8.85. The number of thiocarbonyl (C=S) groups is 1. The van der Waals surface area contributed by atoms with Crippen LogP contribution in [0.3, 0.4) is 0 Å². The normalized spacial score (nSPS) is 23.8. The van der Waals surface area contributed by atoms with Crippen LogP contribution in [0.5, 0.6) is 0 Å². The molecule has 0 aromatic heterocycles. The Kier molecular flexibility index (Phi) is 6.21. The van der Waals surface area contributed by atoms with Crippen LogP contribution >= 0.6 is 12.2 Å². The van der Waals surface area contributed by atoms with Gasteiger partial charge in [0, 0.05) is 48.2 Å². The van der Waals surface area contributed by atoms with E-state index in [9.17, 15) is 0 Å². The Labute approximate surface area is 181 Å². The number of benzene rings is 2. The number of hydrogen-bond acceptors (Lipinski definition) is 3. The van der Waals surface area contributed by atoms with Crippen LogP contribution in [0.15, 0.2) is 54.6 Å². The largest absolute Gasteiger partial charge is 0.363 e. The van der Waals surface area contributed by atoms with E-state index in [4.69, 9.17) is 12.2 Å². The third-order valence-corrected chi connectivity index (χ3v) is 7.41. The van der Waals surface area contributed by atoms with Gasteiger partial charge in [-0.25, -0.2) is 0 Å². The molecule has 2 saturated heterocycles. The average molecular weight is 408 g/mol. The highest BCUT2D eigenvalue weighted by Gasteiger charge is 2.40. The van der Waals surface area contributed by atoms with Crippen molar-refractivity contribution in [1.29, 1.82) is 0 Å². The summed E-state index contributed by atoms with van der Waals surface area (Å²) in [5, 5.41) is 0. The number of rotatable bonds is 6. The van der Waals surface area contributed by atoms with Crippen LogP contribution in [0, 0.1) is 0 Å². The summed E-state index contributed by atoms with van der Waals surface area (Å²) in [6, 6.07) is 21.8. The minimum atomic E-state index is 0.548. The molecule has 0 amide bonds. The summed E-state index contributed by atoms with van der Waals surface area (Å²) < 4.78 is 0. The Bertz CT molecular complexity index is 802. The van der Waals surface area contributed by atoms with Gasteiger partial charge in [0.25, 0.3) is 0 Å². The zero-order chi connectivity index (χ0) is 20.4. The van der Waals surface area contributed by atoms with Gasteiger partial charge in [0.15, 0.2) is 0 Å². The first kappa shape index (κ1) is 20.4. The number of fused-ring (bicyclic) bond motifs is 2. The third-order valence-electron chi connectivity index (χ3n) is 6.92. The van der Waals surface area contributed by atoms with Crippen molar-refractivity contribution in [2.24, 2.45) is 0 Å². The van der Waals surface area contributed by atoms with E-state index in [1.165, 1.54) is 37.1 Å². The first-order chi connectivity index (χ1) is 14.1. The second-order valence-electron chi connectivity index (χ2n) is 8.41. The molecule has 2 aliphatic heterocycles. The molecule has 0 aliphatic carbocycles. The fourth-order valence-electron chi connectivity index (χ4n) is 5.21. The molecule has 3 nitrogen and oxygen atoms in total. The van der Waals surface area contributed by atoms with E-state index in [0.29, 0.717) is 6.04 Å². The highest BCUT2D eigenvalue weighted by molar-refractivity contribution is 7.80. The highest BCUT2D eigenvalue weighted by atomic mass is 32.1. The highest BCUT2D eigenvalue weighted by Crippen LogP contribution is 2.40. The minimum Gasteiger partial charge on any atom is -0.363 e. The van der Waals surface area contributed by atoms with Crippen molar-refractivity contribution in [3.63, 3.8) is 0 Å². The summed E-state index contributed by atoms with van der Waals surface area (Å²) in [4.78, 5) is 8.38. The number of nitrogens with zero attached hydrogens (tertiary/aromatic N) is 3. The van der Waals surface area contributed by atoms with E-state index in [0.717, 1.165) is 35.7 Å². The van der Waals surface area contributed by atoms with Crippen LogP contribution in [0.25, 0.3) is 0 Å². The molecule has 154 valence electrons. The zero-order valence-corrected chi connectivity index (χ0v) is 18.7. The molecule has 4 heteroatoms. The van der Waals surface area contributed by atoms with Crippen LogP contribution in [-0.4, -0.2) is 53.1 Å². The summed E-state index contributed by atoms with van der Waals surface area (Å²) >= 11 is 5.73. The first-order valence-electron chi connectivity index (χ1n) is 11.1. The summed E-state index contributed by atoms with van der Waals surface area (Å²) in [6.07, 6.45) is 5.16. The number of para-hydroxylation sites is 1. The lowest BCUT2D eigenvalue weighted by Gasteiger charge is -2.43. The molecule has 2 aliphatic rings. The maximum absolute atomic E-state index is 5.73. The van der Waals surface area contributed by atoms with E-state index in [-0.39, 0.29) is 0 Å². The van der Waals surface area contributed by atoms with Crippen molar-refractivity contribution in [1.82, 2.24) is 9.80 Å². The minimum absolute atomic E-state index is 0.548. The molecular weight excluding hydrogens is 374 g/mol. The molecular formula is C25H33N3S. The van der Waals surface area contributed by atoms with Gasteiger partial charge >= 0.3 is 0 Å². The molecule has 0 saturated carbocycles. The standard InChI is InChI=1S/C25H33N3S/c1-4-27(5-2)25(29)19-11-13-21(14-12-19)28(20-9-7-6-8-10-20)24-17-22-15-16-23(18-24)26(22)3/h6-14,22-24H,4-5,15-18H2,1-3H3.